The smallest absolute Gasteiger partial charge is 0.269 e. The summed E-state index contributed by atoms with van der Waals surface area (Å²) in [5.41, 5.74) is 5.39. The number of carbonyl (C=O) groups is 2. The third-order valence-corrected chi connectivity index (χ3v) is 8.20. The molecule has 2 aromatic carbocycles. The molecule has 1 atom stereocenters. The molecule has 1 fully saturated rings. The van der Waals surface area contributed by atoms with E-state index in [1.54, 1.807) is 11.0 Å². The van der Waals surface area contributed by atoms with Crippen molar-refractivity contribution in [3.05, 3.63) is 53.1 Å². The molecule has 1 spiro atoms. The highest BCUT2D eigenvalue weighted by Gasteiger charge is 2.64. The van der Waals surface area contributed by atoms with Gasteiger partial charge in [-0.3, -0.25) is 19.4 Å². The number of benzene rings is 2. The van der Waals surface area contributed by atoms with E-state index in [1.165, 1.54) is 11.8 Å². The fourth-order valence-electron chi connectivity index (χ4n) is 5.47. The normalized spacial score (nSPS) is 24.4. The van der Waals surface area contributed by atoms with Gasteiger partial charge in [-0.05, 0) is 62.6 Å². The van der Waals surface area contributed by atoms with Gasteiger partial charge in [0.15, 0.2) is 11.5 Å². The number of hydrogen-bond acceptors (Lipinski definition) is 5. The van der Waals surface area contributed by atoms with Gasteiger partial charge in [-0.2, -0.15) is 0 Å². The molecule has 0 aromatic heterocycles. The van der Waals surface area contributed by atoms with Crippen LogP contribution in [0.25, 0.3) is 5.57 Å². The highest BCUT2D eigenvalue weighted by molar-refractivity contribution is 8.02. The van der Waals surface area contributed by atoms with E-state index in [1.807, 2.05) is 17.0 Å². The number of nitrogens with zero attached hydrogens (tertiary/aromatic N) is 2. The Hall–Kier alpha value is -2.93. The fraction of sp³-hybridized carbons (Fsp3) is 0.360. The molecule has 4 aliphatic rings. The van der Waals surface area contributed by atoms with E-state index in [0.717, 1.165) is 34.4 Å². The second-order valence-electron chi connectivity index (χ2n) is 9.21. The summed E-state index contributed by atoms with van der Waals surface area (Å²) in [6.07, 6.45) is 3.01. The Bertz CT molecular complexity index is 1250. The number of anilines is 2. The minimum absolute atomic E-state index is 0.0655. The van der Waals surface area contributed by atoms with E-state index >= 15 is 0 Å². The van der Waals surface area contributed by atoms with Crippen LogP contribution in [0.3, 0.4) is 0 Å². The predicted molar refractivity (Wildman–Crippen MR) is 125 cm³/mol. The molecule has 2 aromatic rings. The van der Waals surface area contributed by atoms with Crippen LogP contribution in [-0.4, -0.2) is 29.9 Å². The van der Waals surface area contributed by atoms with Crippen molar-refractivity contribution in [3.8, 4) is 11.5 Å². The van der Waals surface area contributed by atoms with Gasteiger partial charge in [0, 0.05) is 22.9 Å². The van der Waals surface area contributed by atoms with Crippen molar-refractivity contribution in [1.82, 2.24) is 0 Å². The highest BCUT2D eigenvalue weighted by Crippen LogP contribution is 2.60. The number of allylic oxidation sites excluding steroid dienone is 1. The summed E-state index contributed by atoms with van der Waals surface area (Å²) >= 11 is 1.41. The molecule has 0 aliphatic carbocycles. The van der Waals surface area contributed by atoms with Crippen molar-refractivity contribution < 1.29 is 19.1 Å². The lowest BCUT2D eigenvalue weighted by molar-refractivity contribution is -0.124. The zero-order valence-electron chi connectivity index (χ0n) is 18.5. The van der Waals surface area contributed by atoms with E-state index in [9.17, 15) is 9.59 Å². The molecule has 0 radical (unpaired) electrons. The van der Waals surface area contributed by atoms with Gasteiger partial charge in [0.25, 0.3) is 5.91 Å². The topological polar surface area (TPSA) is 59.1 Å². The van der Waals surface area contributed by atoms with Crippen LogP contribution in [0.2, 0.25) is 0 Å². The second-order valence-corrected chi connectivity index (χ2v) is 10.4. The number of aryl methyl sites for hydroxylation is 1. The second kappa shape index (κ2) is 6.32. The third-order valence-electron chi connectivity index (χ3n) is 6.81. The zero-order chi connectivity index (χ0) is 22.4. The minimum Gasteiger partial charge on any atom is -0.454 e. The molecule has 164 valence electrons. The molecule has 0 N–H and O–H groups in total. The Balaban J connectivity index is 1.63. The molecule has 0 bridgehead atoms. The van der Waals surface area contributed by atoms with Gasteiger partial charge in [-0.15, -0.1) is 11.8 Å². The lowest BCUT2D eigenvalue weighted by Gasteiger charge is -2.40. The van der Waals surface area contributed by atoms with Gasteiger partial charge in [-0.25, -0.2) is 0 Å². The van der Waals surface area contributed by atoms with Crippen molar-refractivity contribution in [3.63, 3.8) is 0 Å². The number of thioether (sulfide) groups is 1. The summed E-state index contributed by atoms with van der Waals surface area (Å²) in [4.78, 5) is 30.1. The monoisotopic (exact) mass is 448 g/mol. The van der Waals surface area contributed by atoms with Crippen molar-refractivity contribution in [2.75, 3.05) is 22.3 Å². The molecule has 2 amide bonds. The Morgan fingerprint density at radius 3 is 2.62 bits per heavy atom. The first-order valence-corrected chi connectivity index (χ1v) is 11.8. The standard InChI is InChI=1S/C25H24N2O4S/c1-5-15-8-17-14(2)11-24(3,4)27-22(17)18(9-15)25(23(27)29)26(21(28)12-32-25)16-6-7-19-20(10-16)31-13-30-19/h6-11H,5,12-13H2,1-4H3/t25-/m0/s1. The molecule has 1 saturated heterocycles. The van der Waals surface area contributed by atoms with E-state index in [4.69, 9.17) is 9.47 Å². The zero-order valence-corrected chi connectivity index (χ0v) is 19.3. The maximum absolute atomic E-state index is 14.3. The Morgan fingerprint density at radius 1 is 1.06 bits per heavy atom. The highest BCUT2D eigenvalue weighted by atomic mass is 32.2. The summed E-state index contributed by atoms with van der Waals surface area (Å²) in [6, 6.07) is 9.76. The SMILES string of the molecule is CCc1cc2c3c(c1)[C@]1(SCC(=O)N1c1ccc4c(c1)OCO4)C(=O)N3C(C)(C)C=C2C. The van der Waals surface area contributed by atoms with E-state index in [0.29, 0.717) is 17.2 Å². The van der Waals surface area contributed by atoms with E-state index in [-0.39, 0.29) is 24.4 Å². The fourth-order valence-corrected chi connectivity index (χ4v) is 6.79. The van der Waals surface area contributed by atoms with Crippen LogP contribution in [0.15, 0.2) is 36.4 Å². The number of carbonyl (C=O) groups excluding carboxylic acids is 2. The van der Waals surface area contributed by atoms with Gasteiger partial charge in [0.1, 0.15) is 0 Å². The lowest BCUT2D eigenvalue weighted by atomic mass is 9.87. The first kappa shape index (κ1) is 19.7. The van der Waals surface area contributed by atoms with Gasteiger partial charge in [0.05, 0.1) is 17.0 Å². The maximum Gasteiger partial charge on any atom is 0.269 e. The van der Waals surface area contributed by atoms with Gasteiger partial charge in [-0.1, -0.05) is 13.0 Å². The number of fused-ring (bicyclic) bond motifs is 2. The third kappa shape index (κ3) is 2.32. The number of amides is 2. The molecule has 0 saturated carbocycles. The van der Waals surface area contributed by atoms with Crippen LogP contribution in [-0.2, 0) is 20.9 Å². The van der Waals surface area contributed by atoms with Crippen molar-refractivity contribution in [2.45, 2.75) is 44.5 Å². The Morgan fingerprint density at radius 2 is 1.84 bits per heavy atom. The van der Waals surface area contributed by atoms with Crippen LogP contribution in [0.5, 0.6) is 11.5 Å². The van der Waals surface area contributed by atoms with Crippen LogP contribution in [0.4, 0.5) is 11.4 Å². The largest absolute Gasteiger partial charge is 0.454 e. The average molecular weight is 449 g/mol. The van der Waals surface area contributed by atoms with Crippen molar-refractivity contribution in [1.29, 1.82) is 0 Å². The molecule has 6 nitrogen and oxygen atoms in total. The van der Waals surface area contributed by atoms with Crippen molar-refractivity contribution in [2.24, 2.45) is 0 Å². The molecule has 0 unspecified atom stereocenters. The van der Waals surface area contributed by atoms with Crippen LogP contribution < -0.4 is 19.3 Å². The summed E-state index contributed by atoms with van der Waals surface area (Å²) in [7, 11) is 0. The average Bonchev–Trinajstić information content (AvgIpc) is 3.42. The van der Waals surface area contributed by atoms with Crippen LogP contribution in [0.1, 0.15) is 44.4 Å². The minimum atomic E-state index is -1.13. The summed E-state index contributed by atoms with van der Waals surface area (Å²) in [5, 5.41) is 0. The van der Waals surface area contributed by atoms with E-state index in [2.05, 4.69) is 45.9 Å². The summed E-state index contributed by atoms with van der Waals surface area (Å²) < 4.78 is 11.0. The predicted octanol–water partition coefficient (Wildman–Crippen LogP) is 4.45. The van der Waals surface area contributed by atoms with E-state index < -0.39 is 10.4 Å². The van der Waals surface area contributed by atoms with Gasteiger partial charge >= 0.3 is 0 Å². The first-order valence-electron chi connectivity index (χ1n) is 10.9. The lowest BCUT2D eigenvalue weighted by Crippen LogP contribution is -2.54. The molecule has 4 heterocycles. The molecule has 7 heteroatoms. The molecule has 4 aliphatic heterocycles. The quantitative estimate of drug-likeness (QED) is 0.679. The van der Waals surface area contributed by atoms with Crippen LogP contribution >= 0.6 is 11.8 Å². The van der Waals surface area contributed by atoms with Crippen molar-refractivity contribution >= 4 is 40.5 Å². The first-order chi connectivity index (χ1) is 15.3. The van der Waals surface area contributed by atoms with Crippen LogP contribution in [0, 0.1) is 0 Å². The summed E-state index contributed by atoms with van der Waals surface area (Å²) in [5.74, 6) is 1.34. The molecule has 32 heavy (non-hydrogen) atoms. The summed E-state index contributed by atoms with van der Waals surface area (Å²) in [6.45, 7) is 8.49. The molecular weight excluding hydrogens is 424 g/mol. The number of rotatable bonds is 2. The Kier molecular flexibility index (Phi) is 3.89. The maximum atomic E-state index is 14.3. The Labute approximate surface area is 191 Å². The number of ether oxygens (including phenoxy) is 2. The molecular formula is C25H24N2O4S. The molecule has 6 rings (SSSR count). The van der Waals surface area contributed by atoms with Gasteiger partial charge in [0.2, 0.25) is 17.6 Å². The van der Waals surface area contributed by atoms with Gasteiger partial charge < -0.3 is 9.47 Å². The number of hydrogen-bond donors (Lipinski definition) is 0.